The molecule has 0 aliphatic heterocycles. The normalized spacial score (nSPS) is 9.40. The van der Waals surface area contributed by atoms with Gasteiger partial charge in [-0.05, 0) is 13.0 Å². The molecule has 0 amide bonds. The van der Waals surface area contributed by atoms with Crippen LogP contribution in [0, 0.1) is 0 Å². The molecule has 0 N–H and O–H groups in total. The molecule has 1 aromatic rings. The van der Waals surface area contributed by atoms with Gasteiger partial charge in [-0.1, -0.05) is 42.0 Å². The fourth-order valence-electron chi connectivity index (χ4n) is 0.747. The summed E-state index contributed by atoms with van der Waals surface area (Å²) in [6.45, 7) is 1.87. The predicted octanol–water partition coefficient (Wildman–Crippen LogP) is 3.08. The van der Waals surface area contributed by atoms with E-state index in [0.717, 1.165) is 15.5 Å². The highest BCUT2D eigenvalue weighted by Gasteiger charge is 1.97. The third-order valence-electron chi connectivity index (χ3n) is 1.25. The van der Waals surface area contributed by atoms with Crippen molar-refractivity contribution in [3.8, 4) is 0 Å². The van der Waals surface area contributed by atoms with Gasteiger partial charge in [-0.15, -0.1) is 0 Å². The van der Waals surface area contributed by atoms with Crippen LogP contribution < -0.4 is 0 Å². The number of thiocarbonyl (C=S) groups is 1. The first-order valence-electron chi connectivity index (χ1n) is 2.97. The Labute approximate surface area is 70.8 Å². The highest BCUT2D eigenvalue weighted by atomic mass is 35.5. The van der Waals surface area contributed by atoms with Gasteiger partial charge in [0.2, 0.25) is 0 Å². The van der Waals surface area contributed by atoms with Crippen LogP contribution in [0.4, 0.5) is 0 Å². The predicted molar refractivity (Wildman–Crippen MR) is 48.8 cm³/mol. The van der Waals surface area contributed by atoms with E-state index in [9.17, 15) is 0 Å². The molecule has 10 heavy (non-hydrogen) atoms. The Morgan fingerprint density at radius 2 is 2.00 bits per heavy atom. The van der Waals surface area contributed by atoms with Crippen LogP contribution in [-0.4, -0.2) is 4.86 Å². The van der Waals surface area contributed by atoms with Crippen LogP contribution in [0.2, 0.25) is 5.02 Å². The molecule has 0 aromatic heterocycles. The van der Waals surface area contributed by atoms with Gasteiger partial charge in [0, 0.05) is 15.5 Å². The number of hydrogen-bond donors (Lipinski definition) is 0. The van der Waals surface area contributed by atoms with Crippen LogP contribution in [0.5, 0.6) is 0 Å². The molecule has 0 heterocycles. The minimum Gasteiger partial charge on any atom is -0.0845 e. The SMILES string of the molecule is CC(=S)c1ccccc1Cl. The average Bonchev–Trinajstić information content (AvgIpc) is 1.88. The second kappa shape index (κ2) is 3.13. The third-order valence-corrected chi connectivity index (χ3v) is 1.80. The van der Waals surface area contributed by atoms with Crippen molar-refractivity contribution in [1.82, 2.24) is 0 Å². The van der Waals surface area contributed by atoms with Crippen molar-refractivity contribution in [3.63, 3.8) is 0 Å². The van der Waals surface area contributed by atoms with Gasteiger partial charge < -0.3 is 0 Å². The van der Waals surface area contributed by atoms with Gasteiger partial charge in [0.1, 0.15) is 0 Å². The first-order valence-corrected chi connectivity index (χ1v) is 3.76. The maximum Gasteiger partial charge on any atom is 0.0489 e. The van der Waals surface area contributed by atoms with Gasteiger partial charge in [-0.3, -0.25) is 0 Å². The largest absolute Gasteiger partial charge is 0.0845 e. The van der Waals surface area contributed by atoms with E-state index >= 15 is 0 Å². The molecular formula is C8H7ClS. The molecule has 0 radical (unpaired) electrons. The number of rotatable bonds is 1. The van der Waals surface area contributed by atoms with E-state index in [1.165, 1.54) is 0 Å². The highest BCUT2D eigenvalue weighted by Crippen LogP contribution is 2.15. The smallest absolute Gasteiger partial charge is 0.0489 e. The topological polar surface area (TPSA) is 0 Å². The number of benzene rings is 1. The van der Waals surface area contributed by atoms with Gasteiger partial charge in [0.15, 0.2) is 0 Å². The minimum atomic E-state index is 0.731. The van der Waals surface area contributed by atoms with E-state index in [4.69, 9.17) is 23.8 Å². The van der Waals surface area contributed by atoms with Crippen molar-refractivity contribution >= 4 is 28.7 Å². The molecule has 0 saturated heterocycles. The Kier molecular flexibility index (Phi) is 2.41. The lowest BCUT2D eigenvalue weighted by Gasteiger charge is -1.98. The van der Waals surface area contributed by atoms with E-state index in [1.807, 2.05) is 31.2 Å². The zero-order chi connectivity index (χ0) is 7.56. The lowest BCUT2D eigenvalue weighted by atomic mass is 10.2. The Morgan fingerprint density at radius 1 is 1.40 bits per heavy atom. The van der Waals surface area contributed by atoms with E-state index in [2.05, 4.69) is 0 Å². The number of halogens is 1. The standard InChI is InChI=1S/C8H7ClS/c1-6(10)7-4-2-3-5-8(7)9/h2-5H,1H3. The van der Waals surface area contributed by atoms with Gasteiger partial charge in [0.25, 0.3) is 0 Å². The zero-order valence-electron chi connectivity index (χ0n) is 5.60. The van der Waals surface area contributed by atoms with Crippen LogP contribution in [0.1, 0.15) is 12.5 Å². The summed E-state index contributed by atoms with van der Waals surface area (Å²) in [5, 5.41) is 0.731. The maximum absolute atomic E-state index is 5.83. The molecule has 0 unspecified atom stereocenters. The molecule has 0 fully saturated rings. The summed E-state index contributed by atoms with van der Waals surface area (Å²) in [6.07, 6.45) is 0. The van der Waals surface area contributed by atoms with E-state index in [1.54, 1.807) is 0 Å². The van der Waals surface area contributed by atoms with Gasteiger partial charge >= 0.3 is 0 Å². The van der Waals surface area contributed by atoms with Crippen LogP contribution in [-0.2, 0) is 0 Å². The molecule has 0 aliphatic rings. The zero-order valence-corrected chi connectivity index (χ0v) is 7.17. The van der Waals surface area contributed by atoms with Crippen molar-refractivity contribution in [1.29, 1.82) is 0 Å². The first-order chi connectivity index (χ1) is 4.72. The van der Waals surface area contributed by atoms with Gasteiger partial charge in [-0.25, -0.2) is 0 Å². The molecule has 0 saturated carbocycles. The molecular weight excluding hydrogens is 164 g/mol. The fraction of sp³-hybridized carbons (Fsp3) is 0.125. The molecule has 0 bridgehead atoms. The molecule has 52 valence electrons. The van der Waals surface area contributed by atoms with Crippen molar-refractivity contribution in [3.05, 3.63) is 34.9 Å². The Balaban J connectivity index is 3.15. The third kappa shape index (κ3) is 1.55. The molecule has 0 atom stereocenters. The van der Waals surface area contributed by atoms with Crippen molar-refractivity contribution in [2.24, 2.45) is 0 Å². The van der Waals surface area contributed by atoms with Crippen molar-refractivity contribution < 1.29 is 0 Å². The summed E-state index contributed by atoms with van der Waals surface area (Å²) in [5.41, 5.74) is 0.958. The Hall–Kier alpha value is -0.400. The lowest BCUT2D eigenvalue weighted by molar-refractivity contribution is 1.65. The summed E-state index contributed by atoms with van der Waals surface area (Å²) in [5.74, 6) is 0. The second-order valence-electron chi connectivity index (χ2n) is 2.04. The van der Waals surface area contributed by atoms with Crippen molar-refractivity contribution in [2.45, 2.75) is 6.92 Å². The van der Waals surface area contributed by atoms with Crippen molar-refractivity contribution in [2.75, 3.05) is 0 Å². The monoisotopic (exact) mass is 170 g/mol. The summed E-state index contributed by atoms with van der Waals surface area (Å²) in [6, 6.07) is 7.58. The maximum atomic E-state index is 5.83. The Morgan fingerprint density at radius 3 is 2.40 bits per heavy atom. The molecule has 1 rings (SSSR count). The van der Waals surface area contributed by atoms with E-state index in [0.29, 0.717) is 0 Å². The Bertz CT molecular complexity index is 255. The summed E-state index contributed by atoms with van der Waals surface area (Å²) in [7, 11) is 0. The molecule has 2 heteroatoms. The second-order valence-corrected chi connectivity index (χ2v) is 3.06. The van der Waals surface area contributed by atoms with E-state index in [-0.39, 0.29) is 0 Å². The van der Waals surface area contributed by atoms with Crippen LogP contribution in [0.25, 0.3) is 0 Å². The number of hydrogen-bond acceptors (Lipinski definition) is 1. The summed E-state index contributed by atoms with van der Waals surface area (Å²) in [4.78, 5) is 0.839. The molecule has 0 aliphatic carbocycles. The summed E-state index contributed by atoms with van der Waals surface area (Å²) < 4.78 is 0. The van der Waals surface area contributed by atoms with Gasteiger partial charge in [0.05, 0.1) is 0 Å². The average molecular weight is 171 g/mol. The first kappa shape index (κ1) is 7.70. The molecule has 1 aromatic carbocycles. The summed E-state index contributed by atoms with van der Waals surface area (Å²) >= 11 is 10.8. The fourth-order valence-corrected chi connectivity index (χ4v) is 1.26. The van der Waals surface area contributed by atoms with Crippen LogP contribution >= 0.6 is 23.8 Å². The van der Waals surface area contributed by atoms with Crippen LogP contribution in [0.3, 0.4) is 0 Å². The lowest BCUT2D eigenvalue weighted by Crippen LogP contribution is -1.89. The van der Waals surface area contributed by atoms with Crippen LogP contribution in [0.15, 0.2) is 24.3 Å². The molecule has 0 nitrogen and oxygen atoms in total. The molecule has 0 spiro atoms. The van der Waals surface area contributed by atoms with Gasteiger partial charge in [-0.2, -0.15) is 0 Å². The van der Waals surface area contributed by atoms with E-state index < -0.39 is 0 Å². The quantitative estimate of drug-likeness (QED) is 0.461. The highest BCUT2D eigenvalue weighted by molar-refractivity contribution is 7.80. The minimum absolute atomic E-state index is 0.731.